The lowest BCUT2D eigenvalue weighted by Gasteiger charge is -2.06. The molecule has 4 nitrogen and oxygen atoms in total. The molecule has 0 aliphatic heterocycles. The number of nitrogens with one attached hydrogen (secondary N) is 2. The molecular weight excluding hydrogens is 354 g/mol. The summed E-state index contributed by atoms with van der Waals surface area (Å²) >= 11 is 7.43. The zero-order valence-electron chi connectivity index (χ0n) is 13.8. The SMILES string of the molecule is Cc1ccc(-c2csc(CCNC(=O)Nc3ccc(Cl)cc3)n2)cc1. The number of rotatable bonds is 5. The van der Waals surface area contributed by atoms with Crippen molar-refractivity contribution in [1.82, 2.24) is 10.3 Å². The first-order valence-electron chi connectivity index (χ1n) is 7.92. The Morgan fingerprint density at radius 1 is 1.12 bits per heavy atom. The molecule has 3 aromatic rings. The molecule has 25 heavy (non-hydrogen) atoms. The molecular formula is C19H18ClN3OS. The van der Waals surface area contributed by atoms with E-state index in [-0.39, 0.29) is 6.03 Å². The number of thiazole rings is 1. The first kappa shape index (κ1) is 17.5. The number of carbonyl (C=O) groups is 1. The Bertz CT molecular complexity index is 844. The van der Waals surface area contributed by atoms with Gasteiger partial charge in [0.2, 0.25) is 0 Å². The lowest BCUT2D eigenvalue weighted by Crippen LogP contribution is -2.30. The second-order valence-electron chi connectivity index (χ2n) is 5.63. The van der Waals surface area contributed by atoms with Crippen LogP contribution in [0.3, 0.4) is 0 Å². The molecule has 6 heteroatoms. The standard InChI is InChI=1S/C19H18ClN3OS/c1-13-2-4-14(5-3-13)17-12-25-18(23-17)10-11-21-19(24)22-16-8-6-15(20)7-9-16/h2-9,12H,10-11H2,1H3,(H2,21,22,24). The van der Waals surface area contributed by atoms with E-state index in [9.17, 15) is 4.79 Å². The van der Waals surface area contributed by atoms with Gasteiger partial charge in [-0.1, -0.05) is 41.4 Å². The van der Waals surface area contributed by atoms with E-state index >= 15 is 0 Å². The van der Waals surface area contributed by atoms with Gasteiger partial charge in [-0.25, -0.2) is 9.78 Å². The number of hydrogen-bond acceptors (Lipinski definition) is 3. The van der Waals surface area contributed by atoms with Crippen LogP contribution < -0.4 is 10.6 Å². The summed E-state index contributed by atoms with van der Waals surface area (Å²) < 4.78 is 0. The van der Waals surface area contributed by atoms with Crippen molar-refractivity contribution >= 4 is 34.7 Å². The van der Waals surface area contributed by atoms with Crippen LogP contribution in [0.4, 0.5) is 10.5 Å². The first-order chi connectivity index (χ1) is 12.1. The van der Waals surface area contributed by atoms with Gasteiger partial charge < -0.3 is 10.6 Å². The molecule has 3 rings (SSSR count). The van der Waals surface area contributed by atoms with Gasteiger partial charge in [0, 0.05) is 34.6 Å². The van der Waals surface area contributed by atoms with Crippen molar-refractivity contribution < 1.29 is 4.79 Å². The average Bonchev–Trinajstić information content (AvgIpc) is 3.06. The van der Waals surface area contributed by atoms with Crippen LogP contribution >= 0.6 is 22.9 Å². The summed E-state index contributed by atoms with van der Waals surface area (Å²) in [5, 5.41) is 9.29. The molecule has 128 valence electrons. The van der Waals surface area contributed by atoms with Gasteiger partial charge in [-0.15, -0.1) is 11.3 Å². The van der Waals surface area contributed by atoms with E-state index in [2.05, 4.69) is 46.8 Å². The molecule has 0 aliphatic rings. The Balaban J connectivity index is 1.48. The van der Waals surface area contributed by atoms with Gasteiger partial charge in [-0.2, -0.15) is 0 Å². The van der Waals surface area contributed by atoms with E-state index in [0.29, 0.717) is 23.7 Å². The number of hydrogen-bond donors (Lipinski definition) is 2. The van der Waals surface area contributed by atoms with E-state index < -0.39 is 0 Å². The van der Waals surface area contributed by atoms with Crippen molar-refractivity contribution in [1.29, 1.82) is 0 Å². The number of benzene rings is 2. The molecule has 0 radical (unpaired) electrons. The third kappa shape index (κ3) is 5.05. The van der Waals surface area contributed by atoms with Crippen molar-refractivity contribution in [3.8, 4) is 11.3 Å². The van der Waals surface area contributed by atoms with Gasteiger partial charge in [0.15, 0.2) is 0 Å². The van der Waals surface area contributed by atoms with Crippen molar-refractivity contribution in [3.63, 3.8) is 0 Å². The average molecular weight is 372 g/mol. The van der Waals surface area contributed by atoms with E-state index in [1.165, 1.54) is 5.56 Å². The topological polar surface area (TPSA) is 54.0 Å². The maximum absolute atomic E-state index is 11.9. The molecule has 0 aliphatic carbocycles. The fourth-order valence-electron chi connectivity index (χ4n) is 2.27. The number of urea groups is 1. The van der Waals surface area contributed by atoms with Crippen LogP contribution in [0.5, 0.6) is 0 Å². The smallest absolute Gasteiger partial charge is 0.319 e. The fourth-order valence-corrected chi connectivity index (χ4v) is 3.21. The summed E-state index contributed by atoms with van der Waals surface area (Å²) in [5.41, 5.74) is 4.03. The highest BCUT2D eigenvalue weighted by Crippen LogP contribution is 2.22. The van der Waals surface area contributed by atoms with E-state index in [1.54, 1.807) is 35.6 Å². The third-order valence-electron chi connectivity index (χ3n) is 3.63. The maximum Gasteiger partial charge on any atom is 0.319 e. The van der Waals surface area contributed by atoms with Crippen LogP contribution in [-0.4, -0.2) is 17.6 Å². The number of amides is 2. The van der Waals surface area contributed by atoms with Gasteiger partial charge in [0.05, 0.1) is 10.7 Å². The van der Waals surface area contributed by atoms with Crippen LogP contribution in [0.2, 0.25) is 5.02 Å². The van der Waals surface area contributed by atoms with E-state index in [1.807, 2.05) is 5.38 Å². The molecule has 2 aromatic carbocycles. The Morgan fingerprint density at radius 3 is 2.56 bits per heavy atom. The number of anilines is 1. The van der Waals surface area contributed by atoms with Crippen molar-refractivity contribution in [2.24, 2.45) is 0 Å². The molecule has 0 fully saturated rings. The van der Waals surface area contributed by atoms with E-state index in [4.69, 9.17) is 11.6 Å². The van der Waals surface area contributed by atoms with Crippen molar-refractivity contribution in [3.05, 3.63) is 69.5 Å². The highest BCUT2D eigenvalue weighted by Gasteiger charge is 2.06. The maximum atomic E-state index is 11.9. The summed E-state index contributed by atoms with van der Waals surface area (Å²) in [6.07, 6.45) is 0.699. The second-order valence-corrected chi connectivity index (χ2v) is 7.01. The summed E-state index contributed by atoms with van der Waals surface area (Å²) in [5.74, 6) is 0. The van der Waals surface area contributed by atoms with Crippen LogP contribution in [0.1, 0.15) is 10.6 Å². The Hall–Kier alpha value is -2.37. The van der Waals surface area contributed by atoms with Crippen molar-refractivity contribution in [2.75, 3.05) is 11.9 Å². The predicted molar refractivity (Wildman–Crippen MR) is 104 cm³/mol. The summed E-state index contributed by atoms with van der Waals surface area (Å²) in [7, 11) is 0. The highest BCUT2D eigenvalue weighted by molar-refractivity contribution is 7.09. The number of aromatic nitrogens is 1. The number of aryl methyl sites for hydroxylation is 1. The van der Waals surface area contributed by atoms with Crippen LogP contribution in [0, 0.1) is 6.92 Å². The zero-order valence-corrected chi connectivity index (χ0v) is 15.3. The molecule has 0 bridgehead atoms. The van der Waals surface area contributed by atoms with Crippen molar-refractivity contribution in [2.45, 2.75) is 13.3 Å². The molecule has 2 N–H and O–H groups in total. The zero-order chi connectivity index (χ0) is 17.6. The second kappa shape index (κ2) is 8.14. The lowest BCUT2D eigenvalue weighted by molar-refractivity contribution is 0.252. The molecule has 0 saturated heterocycles. The summed E-state index contributed by atoms with van der Waals surface area (Å²) in [6.45, 7) is 2.59. The molecule has 1 heterocycles. The largest absolute Gasteiger partial charge is 0.337 e. The molecule has 2 amide bonds. The minimum absolute atomic E-state index is 0.238. The molecule has 0 spiro atoms. The normalized spacial score (nSPS) is 10.5. The van der Waals surface area contributed by atoms with E-state index in [0.717, 1.165) is 16.3 Å². The minimum Gasteiger partial charge on any atom is -0.337 e. The highest BCUT2D eigenvalue weighted by atomic mass is 35.5. The molecule has 0 atom stereocenters. The van der Waals surface area contributed by atoms with Gasteiger partial charge in [-0.3, -0.25) is 0 Å². The first-order valence-corrected chi connectivity index (χ1v) is 9.18. The van der Waals surface area contributed by atoms with Gasteiger partial charge in [0.1, 0.15) is 0 Å². The van der Waals surface area contributed by atoms with Gasteiger partial charge in [-0.05, 0) is 31.2 Å². The third-order valence-corrected chi connectivity index (χ3v) is 4.79. The van der Waals surface area contributed by atoms with Crippen LogP contribution in [0.15, 0.2) is 53.9 Å². The summed E-state index contributed by atoms with van der Waals surface area (Å²) in [4.78, 5) is 16.5. The number of nitrogens with zero attached hydrogens (tertiary/aromatic N) is 1. The Labute approximate surface area is 155 Å². The lowest BCUT2D eigenvalue weighted by atomic mass is 10.1. The number of halogens is 1. The quantitative estimate of drug-likeness (QED) is 0.652. The Morgan fingerprint density at radius 2 is 1.84 bits per heavy atom. The molecule has 0 saturated carbocycles. The van der Waals surface area contributed by atoms with Gasteiger partial charge in [0.25, 0.3) is 0 Å². The monoisotopic (exact) mass is 371 g/mol. The van der Waals surface area contributed by atoms with Gasteiger partial charge >= 0.3 is 6.03 Å². The Kier molecular flexibility index (Phi) is 5.68. The fraction of sp³-hybridized carbons (Fsp3) is 0.158. The molecule has 0 unspecified atom stereocenters. The summed E-state index contributed by atoms with van der Waals surface area (Å²) in [6, 6.07) is 15.1. The number of carbonyl (C=O) groups excluding carboxylic acids is 1. The predicted octanol–water partition coefficient (Wildman–Crippen LogP) is 5.14. The molecule has 1 aromatic heterocycles. The van der Waals surface area contributed by atoms with Crippen LogP contribution in [-0.2, 0) is 6.42 Å². The minimum atomic E-state index is -0.238. The van der Waals surface area contributed by atoms with Crippen LogP contribution in [0.25, 0.3) is 11.3 Å².